The number of anilines is 2. The molecule has 5 aromatic carbocycles. The van der Waals surface area contributed by atoms with Gasteiger partial charge in [-0.25, -0.2) is 4.79 Å². The molecule has 8 heteroatoms. The molecule has 8 nitrogen and oxygen atoms in total. The number of para-hydroxylation sites is 1. The van der Waals surface area contributed by atoms with E-state index in [2.05, 4.69) is 60.7 Å². The fourth-order valence-electron chi connectivity index (χ4n) is 6.00. The van der Waals surface area contributed by atoms with Crippen molar-refractivity contribution in [1.82, 2.24) is 4.90 Å². The summed E-state index contributed by atoms with van der Waals surface area (Å²) in [4.78, 5) is 15.1. The van der Waals surface area contributed by atoms with Gasteiger partial charge in [-0.1, -0.05) is 91.9 Å². The Labute approximate surface area is 288 Å². The van der Waals surface area contributed by atoms with Crippen molar-refractivity contribution in [2.24, 2.45) is 5.92 Å². The first kappa shape index (κ1) is 33.9. The lowest BCUT2D eigenvalue weighted by Gasteiger charge is -2.43. The van der Waals surface area contributed by atoms with E-state index in [0.29, 0.717) is 23.7 Å². The zero-order chi connectivity index (χ0) is 34.2. The summed E-state index contributed by atoms with van der Waals surface area (Å²) in [6.45, 7) is 5.08. The van der Waals surface area contributed by atoms with Crippen LogP contribution < -0.4 is 15.4 Å². The standard InChI is InChI=1S/C41H43N3O5/c1-28-38(26-44(3)29(2)31-10-6-4-7-11-31)48-40(49-39(28)32-16-14-30(27-45)15-17-32)33-18-20-34(21-19-33)42-41(46)43-35-22-24-37(25-23-35)47-36-12-8-5-9-13-36/h4-25,28-29,38-40,45H,26-27H2,1-3H3,(H2,42,43,46). The summed E-state index contributed by atoms with van der Waals surface area (Å²) in [5.41, 5.74) is 5.28. The van der Waals surface area contributed by atoms with Crippen LogP contribution in [0.3, 0.4) is 0 Å². The minimum atomic E-state index is -0.608. The summed E-state index contributed by atoms with van der Waals surface area (Å²) in [5.74, 6) is 1.49. The van der Waals surface area contributed by atoms with Crippen LogP contribution in [0.25, 0.3) is 0 Å². The van der Waals surface area contributed by atoms with E-state index in [-0.39, 0.29) is 36.8 Å². The summed E-state index contributed by atoms with van der Waals surface area (Å²) >= 11 is 0. The largest absolute Gasteiger partial charge is 0.457 e. The van der Waals surface area contributed by atoms with Crippen LogP contribution in [0.5, 0.6) is 11.5 Å². The molecule has 0 bridgehead atoms. The van der Waals surface area contributed by atoms with Gasteiger partial charge in [0.1, 0.15) is 11.5 Å². The van der Waals surface area contributed by atoms with Gasteiger partial charge in [-0.15, -0.1) is 0 Å². The first-order chi connectivity index (χ1) is 23.9. The highest BCUT2D eigenvalue weighted by Gasteiger charge is 2.39. The molecule has 1 aliphatic heterocycles. The van der Waals surface area contributed by atoms with Crippen molar-refractivity contribution < 1.29 is 24.1 Å². The predicted molar refractivity (Wildman–Crippen MR) is 192 cm³/mol. The van der Waals surface area contributed by atoms with E-state index in [9.17, 15) is 9.90 Å². The Balaban J connectivity index is 1.12. The van der Waals surface area contributed by atoms with Crippen molar-refractivity contribution in [3.63, 3.8) is 0 Å². The number of amides is 2. The average Bonchev–Trinajstić information content (AvgIpc) is 3.14. The number of carbonyl (C=O) groups is 1. The third-order valence-electron chi connectivity index (χ3n) is 9.07. The van der Waals surface area contributed by atoms with Gasteiger partial charge < -0.3 is 30.0 Å². The van der Waals surface area contributed by atoms with E-state index in [1.165, 1.54) is 5.56 Å². The van der Waals surface area contributed by atoms with Crippen LogP contribution in [-0.2, 0) is 16.1 Å². The zero-order valence-electron chi connectivity index (χ0n) is 28.0. The van der Waals surface area contributed by atoms with Gasteiger partial charge in [0, 0.05) is 35.4 Å². The van der Waals surface area contributed by atoms with Gasteiger partial charge >= 0.3 is 6.03 Å². The van der Waals surface area contributed by atoms with Gasteiger partial charge in [-0.3, -0.25) is 4.90 Å². The minimum absolute atomic E-state index is 0.00765. The SMILES string of the molecule is CC1C(CN(C)C(C)c2ccccc2)OC(c2ccc(NC(=O)Nc3ccc(Oc4ccccc4)cc3)cc2)OC1c1ccc(CO)cc1. The number of aliphatic hydroxyl groups is 1. The van der Waals surface area contributed by atoms with Crippen molar-refractivity contribution in [1.29, 1.82) is 0 Å². The highest BCUT2D eigenvalue weighted by atomic mass is 16.7. The molecule has 6 rings (SSSR count). The zero-order valence-corrected chi connectivity index (χ0v) is 28.0. The van der Waals surface area contributed by atoms with E-state index in [1.807, 2.05) is 97.1 Å². The number of likely N-dealkylation sites (N-methyl/N-ethyl adjacent to an activating group) is 1. The van der Waals surface area contributed by atoms with Crippen LogP contribution in [-0.4, -0.2) is 35.7 Å². The number of hydrogen-bond donors (Lipinski definition) is 3. The summed E-state index contributed by atoms with van der Waals surface area (Å²) in [7, 11) is 2.13. The van der Waals surface area contributed by atoms with Crippen LogP contribution in [0.1, 0.15) is 54.5 Å². The maximum absolute atomic E-state index is 12.8. The molecule has 0 spiro atoms. The minimum Gasteiger partial charge on any atom is -0.457 e. The summed E-state index contributed by atoms with van der Waals surface area (Å²) in [5, 5.41) is 15.3. The van der Waals surface area contributed by atoms with Gasteiger partial charge in [0.25, 0.3) is 0 Å². The van der Waals surface area contributed by atoms with Gasteiger partial charge in [-0.2, -0.15) is 0 Å². The van der Waals surface area contributed by atoms with Crippen molar-refractivity contribution in [2.75, 3.05) is 24.2 Å². The number of benzene rings is 5. The molecule has 1 aliphatic rings. The number of hydrogen-bond acceptors (Lipinski definition) is 6. The van der Waals surface area contributed by atoms with Crippen LogP contribution in [0.2, 0.25) is 0 Å². The van der Waals surface area contributed by atoms with E-state index in [1.54, 1.807) is 12.1 Å². The number of carbonyl (C=O) groups excluding carboxylic acids is 1. The Morgan fingerprint density at radius 3 is 1.92 bits per heavy atom. The molecule has 49 heavy (non-hydrogen) atoms. The third-order valence-corrected chi connectivity index (χ3v) is 9.07. The number of nitrogens with one attached hydrogen (secondary N) is 2. The summed E-state index contributed by atoms with van der Waals surface area (Å²) < 4.78 is 19.1. The van der Waals surface area contributed by atoms with Crippen LogP contribution in [0.15, 0.2) is 133 Å². The molecular weight excluding hydrogens is 614 g/mol. The van der Waals surface area contributed by atoms with Crippen molar-refractivity contribution in [3.8, 4) is 11.5 Å². The first-order valence-electron chi connectivity index (χ1n) is 16.6. The number of nitrogens with zero attached hydrogens (tertiary/aromatic N) is 1. The molecule has 1 heterocycles. The third kappa shape index (κ3) is 8.73. The lowest BCUT2D eigenvalue weighted by molar-refractivity contribution is -0.276. The molecule has 0 aromatic heterocycles. The predicted octanol–water partition coefficient (Wildman–Crippen LogP) is 9.10. The number of rotatable bonds is 11. The first-order valence-corrected chi connectivity index (χ1v) is 16.6. The van der Waals surface area contributed by atoms with Gasteiger partial charge in [-0.05, 0) is 79.2 Å². The van der Waals surface area contributed by atoms with Crippen molar-refractivity contribution in [3.05, 3.63) is 156 Å². The quantitative estimate of drug-likeness (QED) is 0.131. The van der Waals surface area contributed by atoms with E-state index < -0.39 is 6.29 Å². The Morgan fingerprint density at radius 1 is 0.755 bits per heavy atom. The summed E-state index contributed by atoms with van der Waals surface area (Å²) in [6, 6.07) is 42.5. The highest BCUT2D eigenvalue weighted by Crippen LogP contribution is 2.42. The molecular formula is C41H43N3O5. The molecule has 1 saturated heterocycles. The average molecular weight is 658 g/mol. The Morgan fingerprint density at radius 2 is 1.31 bits per heavy atom. The molecule has 3 N–H and O–H groups in total. The lowest BCUT2D eigenvalue weighted by atomic mass is 9.89. The normalized spacial score (nSPS) is 19.6. The second-order valence-electron chi connectivity index (χ2n) is 12.5. The van der Waals surface area contributed by atoms with Crippen molar-refractivity contribution >= 4 is 17.4 Å². The molecule has 0 aliphatic carbocycles. The maximum atomic E-state index is 12.8. The lowest BCUT2D eigenvalue weighted by Crippen LogP contribution is -2.44. The molecule has 2 amide bonds. The topological polar surface area (TPSA) is 92.3 Å². The molecule has 0 saturated carbocycles. The number of urea groups is 1. The Hall–Kier alpha value is -4.99. The second kappa shape index (κ2) is 15.9. The molecule has 0 radical (unpaired) electrons. The van der Waals surface area contributed by atoms with Gasteiger partial charge in [0.05, 0.1) is 18.8 Å². The molecule has 1 fully saturated rings. The molecule has 5 aromatic rings. The van der Waals surface area contributed by atoms with E-state index in [0.717, 1.165) is 22.4 Å². The fourth-order valence-corrected chi connectivity index (χ4v) is 6.00. The maximum Gasteiger partial charge on any atom is 0.323 e. The number of ether oxygens (including phenoxy) is 3. The van der Waals surface area contributed by atoms with E-state index in [4.69, 9.17) is 14.2 Å². The fraction of sp³-hybridized carbons (Fsp3) is 0.244. The summed E-state index contributed by atoms with van der Waals surface area (Å²) in [6.07, 6.45) is -0.945. The number of aliphatic hydroxyl groups excluding tert-OH is 1. The molecule has 5 unspecified atom stereocenters. The molecule has 252 valence electrons. The van der Waals surface area contributed by atoms with Crippen LogP contribution >= 0.6 is 0 Å². The van der Waals surface area contributed by atoms with Gasteiger partial charge in [0.2, 0.25) is 0 Å². The van der Waals surface area contributed by atoms with E-state index >= 15 is 0 Å². The van der Waals surface area contributed by atoms with Gasteiger partial charge in [0.15, 0.2) is 6.29 Å². The van der Waals surface area contributed by atoms with Crippen LogP contribution in [0, 0.1) is 5.92 Å². The Kier molecular flexibility index (Phi) is 11.0. The molecule has 5 atom stereocenters. The second-order valence-corrected chi connectivity index (χ2v) is 12.5. The highest BCUT2D eigenvalue weighted by molar-refractivity contribution is 5.99. The smallest absolute Gasteiger partial charge is 0.323 e. The van der Waals surface area contributed by atoms with Crippen molar-refractivity contribution in [2.45, 2.75) is 45.0 Å². The Bertz CT molecular complexity index is 1770. The monoisotopic (exact) mass is 657 g/mol. The van der Waals surface area contributed by atoms with Crippen LogP contribution in [0.4, 0.5) is 16.2 Å².